The molecule has 0 aromatic rings. The second-order valence-electron chi connectivity index (χ2n) is 6.64. The lowest BCUT2D eigenvalue weighted by Crippen LogP contribution is -2.74. The second kappa shape index (κ2) is 10.0. The van der Waals surface area contributed by atoms with Crippen LogP contribution in [0.4, 0.5) is 74.6 Å². The van der Waals surface area contributed by atoms with E-state index in [-0.39, 0.29) is 4.47 Å². The summed E-state index contributed by atoms with van der Waals surface area (Å²) in [5.74, 6) is -60.2. The van der Waals surface area contributed by atoms with Crippen molar-refractivity contribution in [3.8, 4) is 0 Å². The standard InChI is InChI=1S/C14H10F17NO4S/c1-3-5(6(33)36-32(2)37(34)35)4-7(15,16)8(17,18)9(19,20)10(21,22)11(23,24)12(25,26)13(27,28)14(29,30)31/h4H,3H2,1-2H3,(H,34,35). The van der Waals surface area contributed by atoms with E-state index in [9.17, 15) is 83.6 Å². The van der Waals surface area contributed by atoms with Gasteiger partial charge in [-0.1, -0.05) is 6.92 Å². The molecule has 0 fully saturated rings. The second-order valence-corrected chi connectivity index (χ2v) is 7.62. The summed E-state index contributed by atoms with van der Waals surface area (Å²) in [4.78, 5) is 15.3. The van der Waals surface area contributed by atoms with Crippen LogP contribution in [-0.2, 0) is 20.9 Å². The zero-order valence-corrected chi connectivity index (χ0v) is 18.1. The van der Waals surface area contributed by atoms with Crippen molar-refractivity contribution < 1.29 is 93.0 Å². The maximum atomic E-state index is 13.9. The number of hydrogen-bond acceptors (Lipinski definition) is 3. The van der Waals surface area contributed by atoms with Crippen LogP contribution in [0.5, 0.6) is 0 Å². The fourth-order valence-corrected chi connectivity index (χ4v) is 2.13. The molecule has 0 aliphatic rings. The van der Waals surface area contributed by atoms with Gasteiger partial charge in [-0.25, -0.2) is 9.00 Å². The van der Waals surface area contributed by atoms with E-state index in [0.29, 0.717) is 14.0 Å². The molecule has 1 atom stereocenters. The van der Waals surface area contributed by atoms with Crippen molar-refractivity contribution in [1.29, 1.82) is 0 Å². The molecule has 0 rings (SSSR count). The first kappa shape index (κ1) is 35.1. The average Bonchev–Trinajstić information content (AvgIpc) is 2.69. The largest absolute Gasteiger partial charge is 0.460 e. The minimum atomic E-state index is -8.77. The van der Waals surface area contributed by atoms with Crippen molar-refractivity contribution in [2.24, 2.45) is 0 Å². The van der Waals surface area contributed by atoms with Gasteiger partial charge in [-0.2, -0.15) is 74.6 Å². The number of rotatable bonds is 11. The molecule has 0 saturated heterocycles. The number of alkyl halides is 17. The number of hydrogen-bond donors (Lipinski definition) is 1. The number of hydroxylamine groups is 1. The molecule has 220 valence electrons. The van der Waals surface area contributed by atoms with Crippen LogP contribution in [0.3, 0.4) is 0 Å². The van der Waals surface area contributed by atoms with E-state index in [1.807, 2.05) is 0 Å². The Morgan fingerprint density at radius 1 is 0.730 bits per heavy atom. The smallest absolute Gasteiger partial charge is 0.349 e. The van der Waals surface area contributed by atoms with Crippen molar-refractivity contribution in [1.82, 2.24) is 4.47 Å². The molecule has 0 spiro atoms. The average molecular weight is 611 g/mol. The molecule has 0 amide bonds. The summed E-state index contributed by atoms with van der Waals surface area (Å²) >= 11 is -3.24. The van der Waals surface area contributed by atoms with Crippen LogP contribution < -0.4 is 0 Å². The molecule has 1 N–H and O–H groups in total. The van der Waals surface area contributed by atoms with Gasteiger partial charge in [-0.15, -0.1) is 0 Å². The molecular formula is C14H10F17NO4S. The maximum Gasteiger partial charge on any atom is 0.460 e. The Morgan fingerprint density at radius 3 is 1.35 bits per heavy atom. The van der Waals surface area contributed by atoms with Gasteiger partial charge in [0.15, 0.2) is 0 Å². The molecule has 0 aliphatic carbocycles. The maximum absolute atomic E-state index is 13.9. The molecule has 1 unspecified atom stereocenters. The summed E-state index contributed by atoms with van der Waals surface area (Å²) in [5.41, 5.74) is -1.92. The molecule has 0 heterocycles. The molecule has 23 heteroatoms. The van der Waals surface area contributed by atoms with E-state index < -0.39 is 82.9 Å². The number of carbonyl (C=O) groups excluding carboxylic acids is 1. The Hall–Kier alpha value is -1.91. The normalized spacial score (nSPS) is 16.7. The first-order valence-electron chi connectivity index (χ1n) is 8.42. The van der Waals surface area contributed by atoms with Crippen molar-refractivity contribution in [2.45, 2.75) is 61.0 Å². The lowest BCUT2D eigenvalue weighted by atomic mass is 9.88. The first-order chi connectivity index (χ1) is 15.9. The third kappa shape index (κ3) is 5.47. The molecule has 0 radical (unpaired) electrons. The highest BCUT2D eigenvalue weighted by molar-refractivity contribution is 7.76. The Labute approximate surface area is 195 Å². The van der Waals surface area contributed by atoms with Gasteiger partial charge in [-0.05, 0) is 10.9 Å². The van der Waals surface area contributed by atoms with Crippen LogP contribution in [0.2, 0.25) is 0 Å². The van der Waals surface area contributed by atoms with Crippen LogP contribution in [0.1, 0.15) is 13.3 Å². The molecular weight excluding hydrogens is 601 g/mol. The summed E-state index contributed by atoms with van der Waals surface area (Å²) < 4.78 is 243. The fourth-order valence-electron chi connectivity index (χ4n) is 2.00. The van der Waals surface area contributed by atoms with Gasteiger partial charge in [0.05, 0.1) is 0 Å². The van der Waals surface area contributed by atoms with Crippen molar-refractivity contribution in [3.63, 3.8) is 0 Å². The summed E-state index contributed by atoms with van der Waals surface area (Å²) in [7, 11) is 0.418. The van der Waals surface area contributed by atoms with Gasteiger partial charge in [0.25, 0.3) is 11.3 Å². The third-order valence-electron chi connectivity index (χ3n) is 4.18. The van der Waals surface area contributed by atoms with Crippen LogP contribution >= 0.6 is 0 Å². The summed E-state index contributed by atoms with van der Waals surface area (Å²) in [5, 5.41) is 0. The molecule has 5 nitrogen and oxygen atoms in total. The lowest BCUT2D eigenvalue weighted by molar-refractivity contribution is -0.459. The molecule has 0 aliphatic heterocycles. The SMILES string of the molecule is CCC(=CC(F)(F)C(F)(F)C(F)(F)C(F)(F)C(F)(F)C(F)(F)C(F)(F)C(F)(F)F)C(=O)ON(C)S(=O)O. The van der Waals surface area contributed by atoms with Crippen molar-refractivity contribution in [2.75, 3.05) is 7.05 Å². The predicted molar refractivity (Wildman–Crippen MR) is 83.7 cm³/mol. The topological polar surface area (TPSA) is 66.8 Å². The highest BCUT2D eigenvalue weighted by atomic mass is 32.2. The van der Waals surface area contributed by atoms with Gasteiger partial charge in [0.2, 0.25) is 0 Å². The van der Waals surface area contributed by atoms with E-state index >= 15 is 0 Å². The van der Waals surface area contributed by atoms with Gasteiger partial charge in [-0.3, -0.25) is 4.55 Å². The summed E-state index contributed by atoms with van der Waals surface area (Å²) in [6, 6.07) is 0. The Balaban J connectivity index is 6.82. The van der Waals surface area contributed by atoms with Crippen LogP contribution in [0.15, 0.2) is 11.6 Å². The Morgan fingerprint density at radius 2 is 1.05 bits per heavy atom. The van der Waals surface area contributed by atoms with Gasteiger partial charge >= 0.3 is 53.6 Å². The van der Waals surface area contributed by atoms with Crippen molar-refractivity contribution >= 4 is 17.2 Å². The molecule has 0 bridgehead atoms. The molecule has 37 heavy (non-hydrogen) atoms. The van der Waals surface area contributed by atoms with Gasteiger partial charge in [0.1, 0.15) is 0 Å². The summed E-state index contributed by atoms with van der Waals surface area (Å²) in [6.45, 7) is 0.581. The van der Waals surface area contributed by atoms with Crippen LogP contribution in [0.25, 0.3) is 0 Å². The minimum Gasteiger partial charge on any atom is -0.349 e. The van der Waals surface area contributed by atoms with Gasteiger partial charge < -0.3 is 4.84 Å². The minimum absolute atomic E-state index is 0.381. The monoisotopic (exact) mass is 611 g/mol. The quantitative estimate of drug-likeness (QED) is 0.138. The fraction of sp³-hybridized carbons (Fsp3) is 0.786. The first-order valence-corrected chi connectivity index (χ1v) is 9.48. The van der Waals surface area contributed by atoms with Crippen LogP contribution in [0, 0.1) is 0 Å². The van der Waals surface area contributed by atoms with Gasteiger partial charge in [0, 0.05) is 18.7 Å². The molecule has 0 aromatic carbocycles. The highest BCUT2D eigenvalue weighted by Crippen LogP contribution is 2.64. The van der Waals surface area contributed by atoms with Crippen molar-refractivity contribution in [3.05, 3.63) is 11.6 Å². The predicted octanol–water partition coefficient (Wildman–Crippen LogP) is 5.86. The number of allylic oxidation sites excluding steroid dienone is 1. The third-order valence-corrected chi connectivity index (χ3v) is 4.69. The Kier molecular flexibility index (Phi) is 9.49. The zero-order valence-electron chi connectivity index (χ0n) is 17.2. The highest BCUT2D eigenvalue weighted by Gasteiger charge is 2.95. The van der Waals surface area contributed by atoms with E-state index in [1.165, 1.54) is 0 Å². The number of halogens is 17. The molecule has 0 aromatic heterocycles. The zero-order chi connectivity index (χ0) is 30.4. The molecule has 0 saturated carbocycles. The van der Waals surface area contributed by atoms with Crippen LogP contribution in [-0.4, -0.2) is 73.9 Å². The van der Waals surface area contributed by atoms with E-state index in [0.717, 1.165) is 0 Å². The number of nitrogens with zero attached hydrogens (tertiary/aromatic N) is 1. The van der Waals surface area contributed by atoms with E-state index in [1.54, 1.807) is 0 Å². The van der Waals surface area contributed by atoms with E-state index in [2.05, 4.69) is 4.84 Å². The number of carbonyl (C=O) groups is 1. The lowest BCUT2D eigenvalue weighted by Gasteiger charge is -2.42. The summed E-state index contributed by atoms with van der Waals surface area (Å²) in [6.07, 6.45) is -10.8. The Bertz CT molecular complexity index is 914. The van der Waals surface area contributed by atoms with E-state index in [4.69, 9.17) is 4.55 Å².